The Morgan fingerprint density at radius 2 is 1.97 bits per heavy atom. The van der Waals surface area contributed by atoms with Crippen LogP contribution in [0.1, 0.15) is 6.42 Å². The first kappa shape index (κ1) is 19.5. The summed E-state index contributed by atoms with van der Waals surface area (Å²) in [6.45, 7) is 0.529. The molecule has 3 N–H and O–H groups in total. The van der Waals surface area contributed by atoms with Crippen LogP contribution in [0, 0.1) is 5.82 Å². The molecule has 0 unspecified atom stereocenters. The van der Waals surface area contributed by atoms with Crippen LogP contribution in [0.15, 0.2) is 65.8 Å². The van der Waals surface area contributed by atoms with E-state index in [0.29, 0.717) is 28.8 Å². The molecule has 0 radical (unpaired) electrons. The van der Waals surface area contributed by atoms with Gasteiger partial charge in [0.2, 0.25) is 5.91 Å². The highest BCUT2D eigenvalue weighted by atomic mass is 19.1. The monoisotopic (exact) mass is 405 g/mol. The van der Waals surface area contributed by atoms with Crippen molar-refractivity contribution in [1.29, 1.82) is 0 Å². The molecule has 0 atom stereocenters. The Balaban J connectivity index is 1.78. The molecule has 8 heteroatoms. The zero-order chi connectivity index (χ0) is 21.1. The van der Waals surface area contributed by atoms with Gasteiger partial charge in [-0.25, -0.2) is 9.37 Å². The van der Waals surface area contributed by atoms with Gasteiger partial charge in [0.05, 0.1) is 11.7 Å². The Kier molecular flexibility index (Phi) is 5.40. The van der Waals surface area contributed by atoms with Crippen LogP contribution in [-0.4, -0.2) is 34.0 Å². The van der Waals surface area contributed by atoms with Gasteiger partial charge >= 0.3 is 0 Å². The van der Waals surface area contributed by atoms with E-state index in [1.54, 1.807) is 29.9 Å². The van der Waals surface area contributed by atoms with Gasteiger partial charge in [0, 0.05) is 41.7 Å². The van der Waals surface area contributed by atoms with Crippen LogP contribution in [0.25, 0.3) is 27.8 Å². The number of anilines is 1. The second kappa shape index (κ2) is 8.30. The van der Waals surface area contributed by atoms with E-state index in [1.165, 1.54) is 12.4 Å². The van der Waals surface area contributed by atoms with E-state index in [9.17, 15) is 9.59 Å². The summed E-state index contributed by atoms with van der Waals surface area (Å²) in [5.74, 6) is -0.755. The van der Waals surface area contributed by atoms with Gasteiger partial charge in [-0.3, -0.25) is 9.59 Å². The number of hydrogen-bond donors (Lipinski definition) is 3. The Hall–Kier alpha value is -3.78. The molecule has 0 fully saturated rings. The van der Waals surface area contributed by atoms with Crippen LogP contribution in [0.2, 0.25) is 0 Å². The summed E-state index contributed by atoms with van der Waals surface area (Å²) < 4.78 is 16.8. The molecule has 1 amide bonds. The lowest BCUT2D eigenvalue weighted by molar-refractivity contribution is -0.116. The molecule has 4 rings (SSSR count). The summed E-state index contributed by atoms with van der Waals surface area (Å²) in [6.07, 6.45) is 3.31. The molecule has 0 bridgehead atoms. The third-order valence-electron chi connectivity index (χ3n) is 4.77. The molecule has 0 saturated heterocycles. The van der Waals surface area contributed by atoms with Gasteiger partial charge in [-0.1, -0.05) is 18.2 Å². The van der Waals surface area contributed by atoms with Crippen LogP contribution in [0.5, 0.6) is 0 Å². The van der Waals surface area contributed by atoms with E-state index >= 15 is 4.39 Å². The van der Waals surface area contributed by atoms with Crippen molar-refractivity contribution in [3.05, 3.63) is 77.2 Å². The Bertz CT molecular complexity index is 1260. The topological polar surface area (TPSA) is 91.8 Å². The maximum atomic E-state index is 15.0. The number of amides is 1. The van der Waals surface area contributed by atoms with E-state index in [2.05, 4.69) is 20.6 Å². The molecule has 0 spiro atoms. The zero-order valence-corrected chi connectivity index (χ0v) is 16.3. The fourth-order valence-electron chi connectivity index (χ4n) is 3.33. The van der Waals surface area contributed by atoms with Crippen LogP contribution >= 0.6 is 0 Å². The summed E-state index contributed by atoms with van der Waals surface area (Å²) in [7, 11) is 1.75. The fraction of sp³-hybridized carbons (Fsp3) is 0.136. The first-order chi connectivity index (χ1) is 14.6. The maximum absolute atomic E-state index is 15.0. The Morgan fingerprint density at radius 1 is 1.17 bits per heavy atom. The smallest absolute Gasteiger partial charge is 0.260 e. The lowest BCUT2D eigenvalue weighted by Crippen LogP contribution is -2.18. The Labute approximate surface area is 171 Å². The number of fused-ring (bicyclic) bond motifs is 1. The summed E-state index contributed by atoms with van der Waals surface area (Å²) in [5.41, 5.74) is 1.92. The predicted octanol–water partition coefficient (Wildman–Crippen LogP) is 3.07. The highest BCUT2D eigenvalue weighted by Gasteiger charge is 2.18. The van der Waals surface area contributed by atoms with E-state index in [1.807, 2.05) is 30.3 Å². The molecule has 0 aliphatic carbocycles. The predicted molar refractivity (Wildman–Crippen MR) is 114 cm³/mol. The number of carbonyl (C=O) groups is 1. The van der Waals surface area contributed by atoms with E-state index in [4.69, 9.17) is 0 Å². The van der Waals surface area contributed by atoms with Crippen molar-refractivity contribution in [2.75, 3.05) is 18.9 Å². The number of carbonyl (C=O) groups excluding carboxylic acids is 1. The molecular formula is C22H20FN5O2. The number of nitrogens with zero attached hydrogens (tertiary/aromatic N) is 2. The second-order valence-electron chi connectivity index (χ2n) is 6.77. The van der Waals surface area contributed by atoms with Gasteiger partial charge in [-0.05, 0) is 37.4 Å². The third kappa shape index (κ3) is 3.72. The minimum Gasteiger partial charge on any atom is -0.326 e. The number of rotatable bonds is 6. The number of hydrogen-bond acceptors (Lipinski definition) is 4. The normalized spacial score (nSPS) is 11.0. The van der Waals surface area contributed by atoms with Crippen molar-refractivity contribution in [2.45, 2.75) is 6.42 Å². The first-order valence-electron chi connectivity index (χ1n) is 9.47. The van der Waals surface area contributed by atoms with Crippen molar-refractivity contribution >= 4 is 22.6 Å². The SMILES string of the molecule is CNCCC(=O)Nc1ccc(-c2cn(-c3ccccc3)c3nc[nH]c(=O)c23)c(F)c1. The molecule has 0 aliphatic rings. The molecule has 152 valence electrons. The van der Waals surface area contributed by atoms with Gasteiger partial charge in [-0.2, -0.15) is 0 Å². The van der Waals surface area contributed by atoms with Crippen LogP contribution in [0.4, 0.5) is 10.1 Å². The number of aromatic nitrogens is 3. The zero-order valence-electron chi connectivity index (χ0n) is 16.3. The summed E-state index contributed by atoms with van der Waals surface area (Å²) in [6, 6.07) is 13.8. The van der Waals surface area contributed by atoms with Crippen molar-refractivity contribution in [2.24, 2.45) is 0 Å². The minimum absolute atomic E-state index is 0.210. The average molecular weight is 405 g/mol. The molecular weight excluding hydrogens is 385 g/mol. The molecule has 0 aliphatic heterocycles. The highest BCUT2D eigenvalue weighted by Crippen LogP contribution is 2.32. The Morgan fingerprint density at radius 3 is 2.70 bits per heavy atom. The van der Waals surface area contributed by atoms with Gasteiger partial charge in [-0.15, -0.1) is 0 Å². The lowest BCUT2D eigenvalue weighted by Gasteiger charge is -2.08. The van der Waals surface area contributed by atoms with Gasteiger partial charge in [0.25, 0.3) is 5.56 Å². The number of nitrogens with one attached hydrogen (secondary N) is 3. The van der Waals surface area contributed by atoms with Crippen molar-refractivity contribution in [3.8, 4) is 16.8 Å². The van der Waals surface area contributed by atoms with E-state index < -0.39 is 5.82 Å². The van der Waals surface area contributed by atoms with Crippen LogP contribution in [-0.2, 0) is 4.79 Å². The average Bonchev–Trinajstić information content (AvgIpc) is 3.14. The summed E-state index contributed by atoms with van der Waals surface area (Å²) >= 11 is 0. The maximum Gasteiger partial charge on any atom is 0.260 e. The fourth-order valence-corrected chi connectivity index (χ4v) is 3.33. The van der Waals surface area contributed by atoms with Gasteiger partial charge in [0.1, 0.15) is 5.82 Å². The third-order valence-corrected chi connectivity index (χ3v) is 4.77. The molecule has 0 saturated carbocycles. The van der Waals surface area contributed by atoms with E-state index in [-0.39, 0.29) is 23.5 Å². The number of benzene rings is 2. The number of aromatic amines is 1. The highest BCUT2D eigenvalue weighted by molar-refractivity contribution is 5.95. The second-order valence-corrected chi connectivity index (χ2v) is 6.77. The van der Waals surface area contributed by atoms with Crippen LogP contribution < -0.4 is 16.2 Å². The quantitative estimate of drug-likeness (QED) is 0.460. The van der Waals surface area contributed by atoms with Crippen LogP contribution in [0.3, 0.4) is 0 Å². The van der Waals surface area contributed by atoms with Gasteiger partial charge in [0.15, 0.2) is 5.65 Å². The molecule has 7 nitrogen and oxygen atoms in total. The van der Waals surface area contributed by atoms with Gasteiger partial charge < -0.3 is 20.2 Å². The number of para-hydroxylation sites is 1. The number of H-pyrrole nitrogens is 1. The standard InChI is InChI=1S/C22H20FN5O2/c1-24-10-9-19(29)27-14-7-8-16(18(23)11-14)17-12-28(15-5-3-2-4-6-15)21-20(17)22(30)26-13-25-21/h2-8,11-13,24H,9-10H2,1H3,(H,27,29)(H,25,26,30). The number of halogens is 1. The first-order valence-corrected chi connectivity index (χ1v) is 9.47. The summed E-state index contributed by atoms with van der Waals surface area (Å²) in [4.78, 5) is 31.3. The van der Waals surface area contributed by atoms with E-state index in [0.717, 1.165) is 5.69 Å². The molecule has 2 aromatic carbocycles. The minimum atomic E-state index is -0.545. The molecule has 2 aromatic heterocycles. The summed E-state index contributed by atoms with van der Waals surface area (Å²) in [5, 5.41) is 5.86. The largest absolute Gasteiger partial charge is 0.326 e. The van der Waals surface area contributed by atoms with Crippen molar-refractivity contribution in [3.63, 3.8) is 0 Å². The molecule has 30 heavy (non-hydrogen) atoms. The van der Waals surface area contributed by atoms with Crippen molar-refractivity contribution < 1.29 is 9.18 Å². The van der Waals surface area contributed by atoms with Crippen molar-refractivity contribution in [1.82, 2.24) is 19.9 Å². The molecule has 2 heterocycles. The lowest BCUT2D eigenvalue weighted by atomic mass is 10.1. The molecule has 4 aromatic rings.